The van der Waals surface area contributed by atoms with Gasteiger partial charge in [-0.3, -0.25) is 9.59 Å². The van der Waals surface area contributed by atoms with Gasteiger partial charge >= 0.3 is 16.8 Å². The van der Waals surface area contributed by atoms with Gasteiger partial charge in [-0.25, -0.2) is 10.9 Å². The molecule has 2 N–H and O–H groups in total. The van der Waals surface area contributed by atoms with Crippen LogP contribution in [-0.4, -0.2) is 24.2 Å². The van der Waals surface area contributed by atoms with E-state index in [1.807, 2.05) is 12.1 Å². The van der Waals surface area contributed by atoms with E-state index in [4.69, 9.17) is 0 Å². The van der Waals surface area contributed by atoms with E-state index in [9.17, 15) is 19.8 Å². The summed E-state index contributed by atoms with van der Waals surface area (Å²) in [6.45, 7) is 0. The van der Waals surface area contributed by atoms with Crippen LogP contribution in [0.15, 0.2) is 113 Å². The molecule has 4 aromatic rings. The number of carbonyl (C=O) groups excluding carboxylic acids is 2. The summed E-state index contributed by atoms with van der Waals surface area (Å²) in [7, 11) is 0. The molecule has 4 aromatic carbocycles. The summed E-state index contributed by atoms with van der Waals surface area (Å²) in [4.78, 5) is 23.5. The van der Waals surface area contributed by atoms with Gasteiger partial charge in [0.25, 0.3) is 11.8 Å². The van der Waals surface area contributed by atoms with Gasteiger partial charge in [0.2, 0.25) is 0 Å². The van der Waals surface area contributed by atoms with Crippen LogP contribution in [0.2, 0.25) is 0 Å². The zero-order chi connectivity index (χ0) is 29.1. The summed E-state index contributed by atoms with van der Waals surface area (Å²) in [5.41, 5.74) is 6.50. The van der Waals surface area contributed by atoms with Crippen LogP contribution in [0.4, 0.5) is 0 Å². The van der Waals surface area contributed by atoms with Gasteiger partial charge in [-0.05, 0) is 59.7 Å². The SMILES string of the molecule is O=C(N/N=C\c1cc(Br)cc(Br)c1[O-])c1ccccc1.O=C(N/N=C\c1cc(Br)cc(Br)c1[O-])c1ccccc1.[Co+2]. The Morgan fingerprint density at radius 1 is 0.610 bits per heavy atom. The summed E-state index contributed by atoms with van der Waals surface area (Å²) in [6.07, 6.45) is 2.64. The van der Waals surface area contributed by atoms with Crippen molar-refractivity contribution in [1.29, 1.82) is 0 Å². The van der Waals surface area contributed by atoms with Crippen LogP contribution in [0.25, 0.3) is 0 Å². The Hall–Kier alpha value is -2.81. The molecule has 0 spiro atoms. The van der Waals surface area contributed by atoms with Crippen molar-refractivity contribution in [3.8, 4) is 11.5 Å². The van der Waals surface area contributed by atoms with E-state index in [2.05, 4.69) is 84.8 Å². The minimum absolute atomic E-state index is 0. The third kappa shape index (κ3) is 10.8. The number of benzene rings is 4. The molecule has 0 bridgehead atoms. The fraction of sp³-hybridized carbons (Fsp3) is 0. The Balaban J connectivity index is 0.000000280. The molecule has 0 unspecified atom stereocenters. The van der Waals surface area contributed by atoms with Crippen molar-refractivity contribution in [2.75, 3.05) is 0 Å². The predicted octanol–water partition coefficient (Wildman–Crippen LogP) is 6.10. The van der Waals surface area contributed by atoms with Gasteiger partial charge in [0.1, 0.15) is 0 Å². The second kappa shape index (κ2) is 17.2. The molecule has 13 heteroatoms. The van der Waals surface area contributed by atoms with Crippen LogP contribution in [0.1, 0.15) is 31.8 Å². The van der Waals surface area contributed by atoms with Gasteiger partial charge < -0.3 is 10.2 Å². The molecule has 0 aliphatic heterocycles. The maximum Gasteiger partial charge on any atom is 2.00 e. The molecule has 0 fully saturated rings. The first-order valence-electron chi connectivity index (χ1n) is 11.2. The molecule has 8 nitrogen and oxygen atoms in total. The van der Waals surface area contributed by atoms with Crippen LogP contribution in [0.3, 0.4) is 0 Å². The molecule has 4 rings (SSSR count). The van der Waals surface area contributed by atoms with E-state index in [-0.39, 0.29) is 40.1 Å². The standard InChI is InChI=1S/2C14H10Br2N2O2.Co/c2*15-11-6-10(13(19)12(16)7-11)8-17-18-14(20)9-4-2-1-3-5-9;/h2*1-8,19H,(H,18,20);/q;;+2/p-2/b2*17-8-;. The van der Waals surface area contributed by atoms with Gasteiger partial charge in [0, 0.05) is 29.0 Å². The van der Waals surface area contributed by atoms with Gasteiger partial charge in [0.15, 0.2) is 0 Å². The average molecular weight is 853 g/mol. The normalized spacial score (nSPS) is 10.4. The van der Waals surface area contributed by atoms with E-state index >= 15 is 0 Å². The molecule has 0 atom stereocenters. The van der Waals surface area contributed by atoms with Gasteiger partial charge in [-0.2, -0.15) is 10.2 Å². The molecule has 2 amide bonds. The van der Waals surface area contributed by atoms with Gasteiger partial charge in [-0.15, -0.1) is 0 Å². The Labute approximate surface area is 280 Å². The van der Waals surface area contributed by atoms with Gasteiger partial charge in [-0.1, -0.05) is 112 Å². The first-order chi connectivity index (χ1) is 19.2. The summed E-state index contributed by atoms with van der Waals surface area (Å²) in [5.74, 6) is -1.04. The second-order valence-corrected chi connectivity index (χ2v) is 11.3. The van der Waals surface area contributed by atoms with E-state index in [0.717, 1.165) is 8.95 Å². The first kappa shape index (κ1) is 34.4. The smallest absolute Gasteiger partial charge is 0.871 e. The number of hydrazone groups is 2. The number of carbonyl (C=O) groups is 2. The van der Waals surface area contributed by atoms with Crippen LogP contribution >= 0.6 is 63.7 Å². The van der Waals surface area contributed by atoms with Crippen molar-refractivity contribution < 1.29 is 36.6 Å². The number of nitrogens with zero attached hydrogens (tertiary/aromatic N) is 2. The summed E-state index contributed by atoms with van der Waals surface area (Å²) < 4.78 is 2.37. The van der Waals surface area contributed by atoms with E-state index in [0.29, 0.717) is 31.2 Å². The number of hydrogen-bond acceptors (Lipinski definition) is 6. The largest absolute Gasteiger partial charge is 2.00 e. The molecule has 41 heavy (non-hydrogen) atoms. The number of amides is 2. The van der Waals surface area contributed by atoms with Crippen LogP contribution in [-0.2, 0) is 16.8 Å². The Morgan fingerprint density at radius 3 is 1.29 bits per heavy atom. The zero-order valence-electron chi connectivity index (χ0n) is 20.6. The van der Waals surface area contributed by atoms with Crippen molar-refractivity contribution in [1.82, 2.24) is 10.9 Å². The number of nitrogens with one attached hydrogen (secondary N) is 2. The average Bonchev–Trinajstić information content (AvgIpc) is 2.95. The molecule has 1 radical (unpaired) electrons. The maximum atomic E-state index is 11.8. The Kier molecular flexibility index (Phi) is 14.4. The van der Waals surface area contributed by atoms with Crippen LogP contribution in [0.5, 0.6) is 11.5 Å². The fourth-order valence-electron chi connectivity index (χ4n) is 2.98. The van der Waals surface area contributed by atoms with Crippen molar-refractivity contribution in [3.63, 3.8) is 0 Å². The van der Waals surface area contributed by atoms with E-state index < -0.39 is 0 Å². The third-order valence-electron chi connectivity index (χ3n) is 4.89. The minimum Gasteiger partial charge on any atom is -0.871 e. The molecular formula is C28H18Br4CoN4O4. The Bertz CT molecular complexity index is 1440. The van der Waals surface area contributed by atoms with Gasteiger partial charge in [0.05, 0.1) is 12.4 Å². The van der Waals surface area contributed by atoms with Crippen LogP contribution < -0.4 is 21.1 Å². The van der Waals surface area contributed by atoms with Crippen LogP contribution in [0, 0.1) is 0 Å². The summed E-state index contributed by atoms with van der Waals surface area (Å²) >= 11 is 12.9. The zero-order valence-corrected chi connectivity index (χ0v) is 28.0. The van der Waals surface area contributed by atoms with Crippen molar-refractivity contribution >= 4 is 88.0 Å². The van der Waals surface area contributed by atoms with Crippen molar-refractivity contribution in [2.45, 2.75) is 0 Å². The summed E-state index contributed by atoms with van der Waals surface area (Å²) in [5, 5.41) is 31.2. The van der Waals surface area contributed by atoms with E-state index in [1.54, 1.807) is 72.8 Å². The molecular weight excluding hydrogens is 835 g/mol. The Morgan fingerprint density at radius 2 is 0.951 bits per heavy atom. The minimum atomic E-state index is -0.330. The second-order valence-electron chi connectivity index (χ2n) is 7.74. The molecule has 0 saturated carbocycles. The van der Waals surface area contributed by atoms with Crippen molar-refractivity contribution in [2.24, 2.45) is 10.2 Å². The summed E-state index contributed by atoms with van der Waals surface area (Å²) in [6, 6.07) is 24.0. The monoisotopic (exact) mass is 849 g/mol. The maximum absolute atomic E-state index is 11.8. The number of hydrogen-bond donors (Lipinski definition) is 2. The fourth-order valence-corrected chi connectivity index (χ4v) is 5.50. The first-order valence-corrected chi connectivity index (χ1v) is 14.4. The number of halogens is 4. The quantitative estimate of drug-likeness (QED) is 0.180. The van der Waals surface area contributed by atoms with E-state index in [1.165, 1.54) is 12.4 Å². The molecule has 0 aliphatic carbocycles. The third-order valence-corrected chi connectivity index (χ3v) is 6.98. The number of rotatable bonds is 6. The molecule has 0 saturated heterocycles. The molecule has 0 aliphatic rings. The molecule has 211 valence electrons. The topological polar surface area (TPSA) is 129 Å². The molecule has 0 aromatic heterocycles. The van der Waals surface area contributed by atoms with Crippen molar-refractivity contribution in [3.05, 3.63) is 125 Å². The predicted molar refractivity (Wildman–Crippen MR) is 166 cm³/mol. The molecule has 0 heterocycles.